The molecule has 1 amide bonds. The van der Waals surface area contributed by atoms with Crippen LogP contribution in [0.3, 0.4) is 0 Å². The maximum Gasteiger partial charge on any atom is 0.295 e. The Morgan fingerprint density at radius 2 is 1.80 bits per heavy atom. The first-order valence-electron chi connectivity index (χ1n) is 9.76. The molecule has 1 heterocycles. The number of amides is 1. The highest BCUT2D eigenvalue weighted by atomic mass is 16.5. The van der Waals surface area contributed by atoms with Gasteiger partial charge in [0, 0.05) is 18.7 Å². The summed E-state index contributed by atoms with van der Waals surface area (Å²) in [6, 6.07) is 15.4. The number of aliphatic hydroxyl groups is 1. The van der Waals surface area contributed by atoms with Crippen LogP contribution in [0.15, 0.2) is 72.8 Å². The third-order valence-corrected chi connectivity index (χ3v) is 4.94. The Balaban J connectivity index is 2.03. The van der Waals surface area contributed by atoms with Crippen molar-refractivity contribution in [2.75, 3.05) is 33.8 Å². The van der Waals surface area contributed by atoms with Gasteiger partial charge in [-0.3, -0.25) is 9.59 Å². The van der Waals surface area contributed by atoms with Crippen molar-refractivity contribution in [1.29, 1.82) is 0 Å². The highest BCUT2D eigenvalue weighted by Crippen LogP contribution is 2.39. The van der Waals surface area contributed by atoms with Crippen LogP contribution in [0.2, 0.25) is 0 Å². The molecule has 30 heavy (non-hydrogen) atoms. The normalized spacial score (nSPS) is 18.1. The molecule has 1 atom stereocenters. The van der Waals surface area contributed by atoms with E-state index in [0.29, 0.717) is 31.0 Å². The van der Waals surface area contributed by atoms with Gasteiger partial charge >= 0.3 is 0 Å². The van der Waals surface area contributed by atoms with Crippen LogP contribution >= 0.6 is 0 Å². The number of likely N-dealkylation sites (tertiary alicyclic amines) is 1. The van der Waals surface area contributed by atoms with E-state index in [4.69, 9.17) is 4.74 Å². The van der Waals surface area contributed by atoms with Crippen LogP contribution in [0.4, 0.5) is 0 Å². The van der Waals surface area contributed by atoms with Gasteiger partial charge in [0.2, 0.25) is 0 Å². The average molecular weight is 406 g/mol. The van der Waals surface area contributed by atoms with E-state index < -0.39 is 17.7 Å². The summed E-state index contributed by atoms with van der Waals surface area (Å²) < 4.78 is 5.47. The minimum Gasteiger partial charge on any atom is -0.507 e. The van der Waals surface area contributed by atoms with Gasteiger partial charge < -0.3 is 19.6 Å². The second-order valence-electron chi connectivity index (χ2n) is 7.33. The van der Waals surface area contributed by atoms with E-state index >= 15 is 0 Å². The molecular weight excluding hydrogens is 380 g/mol. The van der Waals surface area contributed by atoms with Gasteiger partial charge in [-0.05, 0) is 43.9 Å². The Morgan fingerprint density at radius 3 is 2.40 bits per heavy atom. The lowest BCUT2D eigenvalue weighted by Crippen LogP contribution is -2.35. The number of benzene rings is 2. The van der Waals surface area contributed by atoms with Gasteiger partial charge in [0.25, 0.3) is 11.7 Å². The molecule has 1 N–H and O–H groups in total. The summed E-state index contributed by atoms with van der Waals surface area (Å²) in [7, 11) is 3.81. The fraction of sp³-hybridized carbons (Fsp3) is 0.250. The average Bonchev–Trinajstić information content (AvgIpc) is 3.01. The van der Waals surface area contributed by atoms with Crippen molar-refractivity contribution in [1.82, 2.24) is 9.80 Å². The molecule has 156 valence electrons. The maximum atomic E-state index is 12.9. The minimum absolute atomic E-state index is 0.102. The Labute approximate surface area is 176 Å². The van der Waals surface area contributed by atoms with E-state index in [1.54, 1.807) is 30.3 Å². The van der Waals surface area contributed by atoms with E-state index in [1.807, 2.05) is 49.3 Å². The van der Waals surface area contributed by atoms with Crippen LogP contribution in [-0.4, -0.2) is 60.4 Å². The number of Topliss-reactive ketones (excluding diaryl/α,β-unsaturated/α-hetero) is 1. The Bertz CT molecular complexity index is 949. The molecule has 0 unspecified atom stereocenters. The van der Waals surface area contributed by atoms with Crippen LogP contribution in [0.25, 0.3) is 5.76 Å². The topological polar surface area (TPSA) is 70.1 Å². The van der Waals surface area contributed by atoms with Crippen molar-refractivity contribution in [2.24, 2.45) is 0 Å². The second-order valence-corrected chi connectivity index (χ2v) is 7.33. The monoisotopic (exact) mass is 406 g/mol. The molecule has 2 aromatic carbocycles. The van der Waals surface area contributed by atoms with E-state index in [2.05, 4.69) is 6.58 Å². The molecule has 1 fully saturated rings. The molecule has 1 aliphatic rings. The van der Waals surface area contributed by atoms with E-state index in [0.717, 1.165) is 5.56 Å². The summed E-state index contributed by atoms with van der Waals surface area (Å²) >= 11 is 0. The SMILES string of the molecule is C=CCOc1ccc(C(O)=C2C(=O)C(=O)N(CCN(C)C)[C@H]2c2ccccc2)cc1. The van der Waals surface area contributed by atoms with Crippen LogP contribution in [0.1, 0.15) is 17.2 Å². The summed E-state index contributed by atoms with van der Waals surface area (Å²) in [5, 5.41) is 11.0. The summed E-state index contributed by atoms with van der Waals surface area (Å²) in [5.41, 5.74) is 1.33. The zero-order valence-corrected chi connectivity index (χ0v) is 17.2. The summed E-state index contributed by atoms with van der Waals surface area (Å²) in [4.78, 5) is 29.2. The zero-order valence-electron chi connectivity index (χ0n) is 17.2. The molecule has 3 rings (SSSR count). The van der Waals surface area contributed by atoms with Crippen LogP contribution in [0.5, 0.6) is 5.75 Å². The van der Waals surface area contributed by atoms with Gasteiger partial charge in [0.15, 0.2) is 0 Å². The number of likely N-dealkylation sites (N-methyl/N-ethyl adjacent to an activating group) is 1. The number of aliphatic hydroxyl groups excluding tert-OH is 1. The summed E-state index contributed by atoms with van der Waals surface area (Å²) in [6.07, 6.45) is 1.64. The molecule has 0 radical (unpaired) electrons. The fourth-order valence-corrected chi connectivity index (χ4v) is 3.42. The van der Waals surface area contributed by atoms with Gasteiger partial charge in [-0.15, -0.1) is 0 Å². The molecule has 6 nitrogen and oxygen atoms in total. The molecule has 1 aliphatic heterocycles. The molecule has 6 heteroatoms. The number of ketones is 1. The van der Waals surface area contributed by atoms with Gasteiger partial charge in [-0.1, -0.05) is 43.0 Å². The molecule has 0 spiro atoms. The number of rotatable bonds is 8. The molecule has 0 aromatic heterocycles. The van der Waals surface area contributed by atoms with E-state index in [9.17, 15) is 14.7 Å². The van der Waals surface area contributed by atoms with Gasteiger partial charge in [0.05, 0.1) is 11.6 Å². The predicted molar refractivity (Wildman–Crippen MR) is 116 cm³/mol. The zero-order chi connectivity index (χ0) is 21.7. The Kier molecular flexibility index (Phi) is 6.69. The van der Waals surface area contributed by atoms with Crippen molar-refractivity contribution in [3.05, 3.63) is 84.0 Å². The highest BCUT2D eigenvalue weighted by molar-refractivity contribution is 6.46. The highest BCUT2D eigenvalue weighted by Gasteiger charge is 2.45. The van der Waals surface area contributed by atoms with E-state index in [1.165, 1.54) is 4.90 Å². The number of carbonyl (C=O) groups is 2. The second kappa shape index (κ2) is 9.41. The molecule has 0 saturated carbocycles. The number of ether oxygens (including phenoxy) is 1. The summed E-state index contributed by atoms with van der Waals surface area (Å²) in [5.74, 6) is -0.840. The smallest absolute Gasteiger partial charge is 0.295 e. The van der Waals surface area contributed by atoms with Crippen LogP contribution in [-0.2, 0) is 9.59 Å². The maximum absolute atomic E-state index is 12.9. The first-order chi connectivity index (χ1) is 14.4. The van der Waals surface area contributed by atoms with Gasteiger partial charge in [0.1, 0.15) is 18.1 Å². The molecule has 2 aromatic rings. The van der Waals surface area contributed by atoms with Crippen molar-refractivity contribution in [2.45, 2.75) is 6.04 Å². The summed E-state index contributed by atoms with van der Waals surface area (Å²) in [6.45, 7) is 4.96. The fourth-order valence-electron chi connectivity index (χ4n) is 3.42. The Morgan fingerprint density at radius 1 is 1.13 bits per heavy atom. The van der Waals surface area contributed by atoms with Crippen molar-refractivity contribution < 1.29 is 19.4 Å². The molecule has 0 aliphatic carbocycles. The van der Waals surface area contributed by atoms with Gasteiger partial charge in [-0.25, -0.2) is 0 Å². The largest absolute Gasteiger partial charge is 0.507 e. The lowest BCUT2D eigenvalue weighted by molar-refractivity contribution is -0.140. The number of hydrogen-bond acceptors (Lipinski definition) is 5. The molecular formula is C24H26N2O4. The first kappa shape index (κ1) is 21.3. The lowest BCUT2D eigenvalue weighted by atomic mass is 9.95. The van der Waals surface area contributed by atoms with Gasteiger partial charge in [-0.2, -0.15) is 0 Å². The van der Waals surface area contributed by atoms with Crippen molar-refractivity contribution in [3.63, 3.8) is 0 Å². The molecule has 0 bridgehead atoms. The van der Waals surface area contributed by atoms with Crippen LogP contribution in [0, 0.1) is 0 Å². The quantitative estimate of drug-likeness (QED) is 0.315. The third-order valence-electron chi connectivity index (χ3n) is 4.94. The number of carbonyl (C=O) groups excluding carboxylic acids is 2. The first-order valence-corrected chi connectivity index (χ1v) is 9.76. The minimum atomic E-state index is -0.674. The lowest BCUT2D eigenvalue weighted by Gasteiger charge is -2.26. The van der Waals surface area contributed by atoms with Crippen molar-refractivity contribution in [3.8, 4) is 5.75 Å². The standard InChI is InChI=1S/C24H26N2O4/c1-4-16-30-19-12-10-18(11-13-19)22(27)20-21(17-8-6-5-7-9-17)26(15-14-25(2)3)24(29)23(20)28/h4-13,21,27H,1,14-16H2,2-3H3/t21-/m0/s1. The molecule has 1 saturated heterocycles. The number of nitrogens with zero attached hydrogens (tertiary/aromatic N) is 2. The van der Waals surface area contributed by atoms with Crippen molar-refractivity contribution >= 4 is 17.4 Å². The Hall–Kier alpha value is -3.38. The number of hydrogen-bond donors (Lipinski definition) is 1. The third kappa shape index (κ3) is 4.44. The predicted octanol–water partition coefficient (Wildman–Crippen LogP) is 3.23. The van der Waals surface area contributed by atoms with E-state index in [-0.39, 0.29) is 11.3 Å². The van der Waals surface area contributed by atoms with Crippen LogP contribution < -0.4 is 4.74 Å².